The van der Waals surface area contributed by atoms with Gasteiger partial charge in [-0.25, -0.2) is 0 Å². The van der Waals surface area contributed by atoms with Gasteiger partial charge in [0.2, 0.25) is 5.91 Å². The summed E-state index contributed by atoms with van der Waals surface area (Å²) >= 11 is 0. The molecule has 1 saturated heterocycles. The highest BCUT2D eigenvalue weighted by Crippen LogP contribution is 2.30. The molecule has 4 nitrogen and oxygen atoms in total. The predicted octanol–water partition coefficient (Wildman–Crippen LogP) is 2.51. The van der Waals surface area contributed by atoms with Crippen LogP contribution >= 0.6 is 0 Å². The first kappa shape index (κ1) is 15.8. The van der Waals surface area contributed by atoms with Gasteiger partial charge in [-0.1, -0.05) is 25.1 Å². The van der Waals surface area contributed by atoms with E-state index >= 15 is 0 Å². The second-order valence-electron chi connectivity index (χ2n) is 6.16. The maximum atomic E-state index is 12.4. The maximum Gasteiger partial charge on any atom is 0.226 e. The summed E-state index contributed by atoms with van der Waals surface area (Å²) in [6, 6.07) is 7.69. The SMILES string of the molecule is COc1ccccc1CC(=O)N(C)CC1(C)CCOCC1. The van der Waals surface area contributed by atoms with Gasteiger partial charge in [-0.15, -0.1) is 0 Å². The minimum atomic E-state index is 0.132. The van der Waals surface area contributed by atoms with E-state index in [1.54, 1.807) is 7.11 Å². The van der Waals surface area contributed by atoms with Gasteiger partial charge in [0.05, 0.1) is 13.5 Å². The Morgan fingerprint density at radius 3 is 2.67 bits per heavy atom. The van der Waals surface area contributed by atoms with Crippen molar-refractivity contribution in [3.05, 3.63) is 29.8 Å². The molecule has 0 radical (unpaired) electrons. The number of rotatable bonds is 5. The van der Waals surface area contributed by atoms with Crippen LogP contribution in [0.15, 0.2) is 24.3 Å². The van der Waals surface area contributed by atoms with Crippen molar-refractivity contribution in [3.8, 4) is 5.75 Å². The Balaban J connectivity index is 1.96. The average molecular weight is 291 g/mol. The lowest BCUT2D eigenvalue weighted by atomic mass is 9.82. The molecule has 0 aromatic heterocycles. The standard InChI is InChI=1S/C17H25NO3/c1-17(8-10-21-11-9-17)13-18(2)16(19)12-14-6-4-5-7-15(14)20-3/h4-7H,8-13H2,1-3H3. The molecule has 1 aromatic carbocycles. The molecule has 116 valence electrons. The number of para-hydroxylation sites is 1. The summed E-state index contributed by atoms with van der Waals surface area (Å²) in [5, 5.41) is 0. The summed E-state index contributed by atoms with van der Waals surface area (Å²) in [6.07, 6.45) is 2.41. The van der Waals surface area contributed by atoms with Crippen molar-refractivity contribution in [2.75, 3.05) is 33.9 Å². The summed E-state index contributed by atoms with van der Waals surface area (Å²) in [5.41, 5.74) is 1.11. The number of carbonyl (C=O) groups excluding carboxylic acids is 1. The van der Waals surface area contributed by atoms with Crippen LogP contribution in [0, 0.1) is 5.41 Å². The van der Waals surface area contributed by atoms with E-state index in [0.29, 0.717) is 6.42 Å². The molecule has 0 N–H and O–H groups in total. The number of hydrogen-bond acceptors (Lipinski definition) is 3. The lowest BCUT2D eigenvalue weighted by Gasteiger charge is -2.37. The maximum absolute atomic E-state index is 12.4. The van der Waals surface area contributed by atoms with Crippen LogP contribution in [0.3, 0.4) is 0 Å². The number of nitrogens with zero attached hydrogens (tertiary/aromatic N) is 1. The van der Waals surface area contributed by atoms with Crippen molar-refractivity contribution in [2.45, 2.75) is 26.2 Å². The highest BCUT2D eigenvalue weighted by atomic mass is 16.5. The second kappa shape index (κ2) is 6.94. The van der Waals surface area contributed by atoms with Crippen LogP contribution in [0.4, 0.5) is 0 Å². The first-order valence-electron chi connectivity index (χ1n) is 7.48. The number of benzene rings is 1. The summed E-state index contributed by atoms with van der Waals surface area (Å²) in [4.78, 5) is 14.3. The zero-order chi connectivity index (χ0) is 15.3. The third kappa shape index (κ3) is 4.21. The summed E-state index contributed by atoms with van der Waals surface area (Å²) in [5.74, 6) is 0.906. The van der Waals surface area contributed by atoms with Gasteiger partial charge in [-0.3, -0.25) is 4.79 Å². The molecule has 1 aromatic rings. The van der Waals surface area contributed by atoms with Crippen LogP contribution in [0.5, 0.6) is 5.75 Å². The largest absolute Gasteiger partial charge is 0.496 e. The monoisotopic (exact) mass is 291 g/mol. The third-order valence-electron chi connectivity index (χ3n) is 4.28. The molecule has 0 spiro atoms. The number of methoxy groups -OCH3 is 1. The summed E-state index contributed by atoms with van der Waals surface area (Å²) in [7, 11) is 3.52. The van der Waals surface area contributed by atoms with Crippen molar-refractivity contribution in [1.29, 1.82) is 0 Å². The van der Waals surface area contributed by atoms with Crippen LogP contribution in [-0.4, -0.2) is 44.7 Å². The lowest BCUT2D eigenvalue weighted by Crippen LogP contribution is -2.41. The topological polar surface area (TPSA) is 38.8 Å². The number of hydrogen-bond donors (Lipinski definition) is 0. The Morgan fingerprint density at radius 2 is 2.00 bits per heavy atom. The lowest BCUT2D eigenvalue weighted by molar-refractivity contribution is -0.131. The van der Waals surface area contributed by atoms with Gasteiger partial charge in [-0.05, 0) is 24.3 Å². The molecule has 1 fully saturated rings. The van der Waals surface area contributed by atoms with E-state index in [2.05, 4.69) is 6.92 Å². The van der Waals surface area contributed by atoms with Crippen molar-refractivity contribution < 1.29 is 14.3 Å². The number of likely N-dealkylation sites (N-methyl/N-ethyl adjacent to an activating group) is 1. The summed E-state index contributed by atoms with van der Waals surface area (Å²) in [6.45, 7) is 4.61. The van der Waals surface area contributed by atoms with E-state index in [1.807, 2.05) is 36.2 Å². The van der Waals surface area contributed by atoms with Gasteiger partial charge in [0.15, 0.2) is 0 Å². The van der Waals surface area contributed by atoms with Crippen molar-refractivity contribution in [3.63, 3.8) is 0 Å². The quantitative estimate of drug-likeness (QED) is 0.836. The molecular formula is C17H25NO3. The minimum Gasteiger partial charge on any atom is -0.496 e. The van der Waals surface area contributed by atoms with Crippen LogP contribution in [0.25, 0.3) is 0 Å². The van der Waals surface area contributed by atoms with Crippen LogP contribution in [0.2, 0.25) is 0 Å². The molecule has 0 bridgehead atoms. The molecule has 21 heavy (non-hydrogen) atoms. The molecule has 0 saturated carbocycles. The van der Waals surface area contributed by atoms with E-state index in [4.69, 9.17) is 9.47 Å². The summed E-state index contributed by atoms with van der Waals surface area (Å²) < 4.78 is 10.7. The predicted molar refractivity (Wildman–Crippen MR) is 82.5 cm³/mol. The van der Waals surface area contributed by atoms with Crippen molar-refractivity contribution >= 4 is 5.91 Å². The third-order valence-corrected chi connectivity index (χ3v) is 4.28. The fraction of sp³-hybridized carbons (Fsp3) is 0.588. The van der Waals surface area contributed by atoms with E-state index in [9.17, 15) is 4.79 Å². The zero-order valence-electron chi connectivity index (χ0n) is 13.2. The van der Waals surface area contributed by atoms with Crippen LogP contribution < -0.4 is 4.74 Å². The second-order valence-corrected chi connectivity index (χ2v) is 6.16. The van der Waals surface area contributed by atoms with Gasteiger partial charge in [-0.2, -0.15) is 0 Å². The smallest absolute Gasteiger partial charge is 0.226 e. The van der Waals surface area contributed by atoms with Gasteiger partial charge in [0, 0.05) is 32.4 Å². The Bertz CT molecular complexity index is 481. The van der Waals surface area contributed by atoms with Crippen LogP contribution in [-0.2, 0) is 16.0 Å². The molecule has 0 atom stereocenters. The van der Waals surface area contributed by atoms with E-state index in [-0.39, 0.29) is 11.3 Å². The molecule has 0 unspecified atom stereocenters. The van der Waals surface area contributed by atoms with Crippen molar-refractivity contribution in [2.24, 2.45) is 5.41 Å². The minimum absolute atomic E-state index is 0.132. The van der Waals surface area contributed by atoms with Crippen LogP contribution in [0.1, 0.15) is 25.3 Å². The highest BCUT2D eigenvalue weighted by molar-refractivity contribution is 5.79. The van der Waals surface area contributed by atoms with Gasteiger partial charge >= 0.3 is 0 Å². The number of ether oxygens (including phenoxy) is 2. The average Bonchev–Trinajstić information content (AvgIpc) is 2.48. The normalized spacial score (nSPS) is 17.3. The van der Waals surface area contributed by atoms with E-state index < -0.39 is 0 Å². The number of carbonyl (C=O) groups is 1. The Morgan fingerprint density at radius 1 is 1.33 bits per heavy atom. The Labute approximate surface area is 127 Å². The Hall–Kier alpha value is -1.55. The molecule has 2 rings (SSSR count). The molecule has 0 aliphatic carbocycles. The molecule has 1 aliphatic heterocycles. The molecule has 1 aliphatic rings. The van der Waals surface area contributed by atoms with Crippen molar-refractivity contribution in [1.82, 2.24) is 4.90 Å². The first-order valence-corrected chi connectivity index (χ1v) is 7.48. The fourth-order valence-electron chi connectivity index (χ4n) is 2.83. The highest BCUT2D eigenvalue weighted by Gasteiger charge is 2.30. The van der Waals surface area contributed by atoms with Gasteiger partial charge in [0.25, 0.3) is 0 Å². The zero-order valence-corrected chi connectivity index (χ0v) is 13.2. The van der Waals surface area contributed by atoms with Gasteiger partial charge in [0.1, 0.15) is 5.75 Å². The van der Waals surface area contributed by atoms with E-state index in [1.165, 1.54) is 0 Å². The number of amides is 1. The molecule has 1 amide bonds. The fourth-order valence-corrected chi connectivity index (χ4v) is 2.83. The van der Waals surface area contributed by atoms with E-state index in [0.717, 1.165) is 43.9 Å². The van der Waals surface area contributed by atoms with Gasteiger partial charge < -0.3 is 14.4 Å². The molecular weight excluding hydrogens is 266 g/mol. The molecule has 4 heteroatoms. The molecule has 1 heterocycles. The Kier molecular flexibility index (Phi) is 5.23. The first-order chi connectivity index (χ1) is 10.0.